The summed E-state index contributed by atoms with van der Waals surface area (Å²) in [7, 11) is 0. The highest BCUT2D eigenvalue weighted by molar-refractivity contribution is 5.68. The van der Waals surface area contributed by atoms with Crippen molar-refractivity contribution in [3.05, 3.63) is 49.1 Å². The Balaban J connectivity index is 1.39. The summed E-state index contributed by atoms with van der Waals surface area (Å²) < 4.78 is 7.75. The molecule has 0 atom stereocenters. The molecule has 0 aromatic carbocycles. The second-order valence-corrected chi connectivity index (χ2v) is 6.28. The van der Waals surface area contributed by atoms with Crippen LogP contribution in [0.4, 0.5) is 0 Å². The monoisotopic (exact) mass is 322 g/mol. The first-order valence-corrected chi connectivity index (χ1v) is 8.62. The normalized spacial score (nSPS) is 15.2. The Morgan fingerprint density at radius 1 is 1.04 bits per heavy atom. The van der Waals surface area contributed by atoms with Gasteiger partial charge in [0.1, 0.15) is 5.75 Å². The van der Waals surface area contributed by atoms with E-state index < -0.39 is 0 Å². The first-order valence-electron chi connectivity index (χ1n) is 8.62. The van der Waals surface area contributed by atoms with E-state index >= 15 is 0 Å². The van der Waals surface area contributed by atoms with E-state index in [1.165, 1.54) is 25.9 Å². The van der Waals surface area contributed by atoms with Crippen LogP contribution in [-0.2, 0) is 0 Å². The third-order valence-electron chi connectivity index (χ3n) is 4.53. The van der Waals surface area contributed by atoms with Gasteiger partial charge in [-0.3, -0.25) is 4.98 Å². The molecule has 24 heavy (non-hydrogen) atoms. The van der Waals surface area contributed by atoms with Crippen LogP contribution >= 0.6 is 0 Å². The highest BCUT2D eigenvalue weighted by Crippen LogP contribution is 2.23. The van der Waals surface area contributed by atoms with E-state index in [0.29, 0.717) is 0 Å². The summed E-state index contributed by atoms with van der Waals surface area (Å²) in [5.41, 5.74) is 3.26. The number of hydrogen-bond acceptors (Lipinski definition) is 4. The molecule has 4 heterocycles. The molecule has 0 unspecified atom stereocenters. The third kappa shape index (κ3) is 3.41. The summed E-state index contributed by atoms with van der Waals surface area (Å²) in [5, 5.41) is 4.23. The van der Waals surface area contributed by atoms with Gasteiger partial charge in [-0.2, -0.15) is 5.10 Å². The third-order valence-corrected chi connectivity index (χ3v) is 4.53. The Labute approximate surface area is 141 Å². The number of hydrogen-bond donors (Lipinski definition) is 0. The van der Waals surface area contributed by atoms with E-state index in [4.69, 9.17) is 4.74 Å². The van der Waals surface area contributed by atoms with Crippen molar-refractivity contribution >= 4 is 5.52 Å². The van der Waals surface area contributed by atoms with Crippen molar-refractivity contribution in [3.63, 3.8) is 0 Å². The van der Waals surface area contributed by atoms with Crippen LogP contribution in [0.15, 0.2) is 49.1 Å². The molecule has 1 fully saturated rings. The van der Waals surface area contributed by atoms with Crippen LogP contribution in [0.3, 0.4) is 0 Å². The van der Waals surface area contributed by atoms with Gasteiger partial charge in [0.2, 0.25) is 0 Å². The summed E-state index contributed by atoms with van der Waals surface area (Å²) in [4.78, 5) is 6.84. The first kappa shape index (κ1) is 15.1. The summed E-state index contributed by atoms with van der Waals surface area (Å²) in [6, 6.07) is 8.22. The maximum absolute atomic E-state index is 5.89. The molecule has 0 radical (unpaired) electrons. The Hall–Kier alpha value is -2.40. The second kappa shape index (κ2) is 7.01. The number of rotatable bonds is 6. The number of nitrogens with zero attached hydrogens (tertiary/aromatic N) is 4. The van der Waals surface area contributed by atoms with Gasteiger partial charge in [-0.25, -0.2) is 4.52 Å². The standard InChI is InChI=1S/C19H22N4O/c1-2-8-22(7-1)9-3-11-24-19-13-17(14-20-15-19)16-5-10-23-18(12-16)4-6-21-23/h4-6,10,12-15H,1-3,7-9,11H2. The molecule has 1 aliphatic rings. The van der Waals surface area contributed by atoms with Crippen molar-refractivity contribution in [2.45, 2.75) is 19.3 Å². The number of aromatic nitrogens is 3. The zero-order valence-electron chi connectivity index (χ0n) is 13.8. The molecule has 0 bridgehead atoms. The first-order chi connectivity index (χ1) is 11.9. The Morgan fingerprint density at radius 3 is 2.88 bits per heavy atom. The van der Waals surface area contributed by atoms with E-state index in [2.05, 4.69) is 27.1 Å². The molecule has 1 aliphatic heterocycles. The van der Waals surface area contributed by atoms with Crippen LogP contribution in [0.25, 0.3) is 16.6 Å². The average Bonchev–Trinajstić information content (AvgIpc) is 3.30. The molecule has 5 nitrogen and oxygen atoms in total. The fraction of sp³-hybridized carbons (Fsp3) is 0.368. The zero-order chi connectivity index (χ0) is 16.2. The van der Waals surface area contributed by atoms with Gasteiger partial charge >= 0.3 is 0 Å². The molecule has 0 saturated carbocycles. The lowest BCUT2D eigenvalue weighted by Crippen LogP contribution is -2.21. The molecular formula is C19H22N4O. The lowest BCUT2D eigenvalue weighted by Gasteiger charge is -2.14. The molecular weight excluding hydrogens is 300 g/mol. The van der Waals surface area contributed by atoms with E-state index in [0.717, 1.165) is 42.0 Å². The van der Waals surface area contributed by atoms with Crippen LogP contribution in [0.5, 0.6) is 5.75 Å². The predicted molar refractivity (Wildman–Crippen MR) is 94.2 cm³/mol. The van der Waals surface area contributed by atoms with Crippen LogP contribution in [0.1, 0.15) is 19.3 Å². The molecule has 4 rings (SSSR count). The van der Waals surface area contributed by atoms with E-state index in [1.807, 2.05) is 29.0 Å². The molecule has 124 valence electrons. The predicted octanol–water partition coefficient (Wildman–Crippen LogP) is 3.26. The smallest absolute Gasteiger partial charge is 0.138 e. The lowest BCUT2D eigenvalue weighted by molar-refractivity contribution is 0.263. The molecule has 0 N–H and O–H groups in total. The van der Waals surface area contributed by atoms with Crippen LogP contribution < -0.4 is 4.74 Å². The number of fused-ring (bicyclic) bond motifs is 1. The summed E-state index contributed by atoms with van der Waals surface area (Å²) in [6.45, 7) is 4.36. The molecule has 1 saturated heterocycles. The van der Waals surface area contributed by atoms with Crippen molar-refractivity contribution < 1.29 is 4.74 Å². The highest BCUT2D eigenvalue weighted by atomic mass is 16.5. The summed E-state index contributed by atoms with van der Waals surface area (Å²) in [5.74, 6) is 0.835. The second-order valence-electron chi connectivity index (χ2n) is 6.28. The largest absolute Gasteiger partial charge is 0.492 e. The van der Waals surface area contributed by atoms with Crippen molar-refractivity contribution in [2.75, 3.05) is 26.2 Å². The Morgan fingerprint density at radius 2 is 1.96 bits per heavy atom. The van der Waals surface area contributed by atoms with Gasteiger partial charge in [0.05, 0.1) is 18.3 Å². The van der Waals surface area contributed by atoms with Crippen molar-refractivity contribution in [2.24, 2.45) is 0 Å². The molecule has 0 spiro atoms. The number of pyridine rings is 2. The van der Waals surface area contributed by atoms with Gasteiger partial charge < -0.3 is 9.64 Å². The molecule has 0 aliphatic carbocycles. The Bertz CT molecular complexity index is 808. The molecule has 3 aromatic rings. The number of ether oxygens (including phenoxy) is 1. The van der Waals surface area contributed by atoms with Crippen molar-refractivity contribution in [3.8, 4) is 16.9 Å². The minimum Gasteiger partial charge on any atom is -0.492 e. The zero-order valence-corrected chi connectivity index (χ0v) is 13.8. The van der Waals surface area contributed by atoms with Gasteiger partial charge in [-0.05, 0) is 62.2 Å². The van der Waals surface area contributed by atoms with E-state index in [9.17, 15) is 0 Å². The maximum atomic E-state index is 5.89. The molecule has 0 amide bonds. The molecule has 3 aromatic heterocycles. The minimum atomic E-state index is 0.739. The topological polar surface area (TPSA) is 42.7 Å². The van der Waals surface area contributed by atoms with Crippen LogP contribution in [-0.4, -0.2) is 45.7 Å². The van der Waals surface area contributed by atoms with E-state index in [1.54, 1.807) is 12.4 Å². The lowest BCUT2D eigenvalue weighted by atomic mass is 10.1. The minimum absolute atomic E-state index is 0.739. The maximum Gasteiger partial charge on any atom is 0.138 e. The van der Waals surface area contributed by atoms with Crippen LogP contribution in [0.2, 0.25) is 0 Å². The van der Waals surface area contributed by atoms with Crippen molar-refractivity contribution in [1.82, 2.24) is 19.5 Å². The van der Waals surface area contributed by atoms with Gasteiger partial charge in [-0.1, -0.05) is 0 Å². The summed E-state index contributed by atoms with van der Waals surface area (Å²) >= 11 is 0. The van der Waals surface area contributed by atoms with Gasteiger partial charge in [0, 0.05) is 30.7 Å². The fourth-order valence-corrected chi connectivity index (χ4v) is 3.24. The van der Waals surface area contributed by atoms with Gasteiger partial charge in [0.15, 0.2) is 0 Å². The van der Waals surface area contributed by atoms with Crippen molar-refractivity contribution in [1.29, 1.82) is 0 Å². The van der Waals surface area contributed by atoms with Crippen LogP contribution in [0, 0.1) is 0 Å². The highest BCUT2D eigenvalue weighted by Gasteiger charge is 2.10. The average molecular weight is 322 g/mol. The van der Waals surface area contributed by atoms with E-state index in [-0.39, 0.29) is 0 Å². The SMILES string of the molecule is c1cc2cc(-c3cncc(OCCCN4CCCC4)c3)ccn2n1. The fourth-order valence-electron chi connectivity index (χ4n) is 3.24. The van der Waals surface area contributed by atoms with Gasteiger partial charge in [-0.15, -0.1) is 0 Å². The summed E-state index contributed by atoms with van der Waals surface area (Å²) in [6.07, 6.45) is 11.2. The molecule has 5 heteroatoms. The quantitative estimate of drug-likeness (QED) is 0.653. The Kier molecular flexibility index (Phi) is 4.42. The van der Waals surface area contributed by atoms with Gasteiger partial charge in [0.25, 0.3) is 0 Å². The number of likely N-dealkylation sites (tertiary alicyclic amines) is 1.